The van der Waals surface area contributed by atoms with Crippen molar-refractivity contribution in [3.63, 3.8) is 0 Å². The fourth-order valence-corrected chi connectivity index (χ4v) is 8.65. The topological polar surface area (TPSA) is 158 Å². The number of nitrogens with two attached hydrogens (primary N) is 1. The molecule has 0 radical (unpaired) electrons. The molecule has 252 valence electrons. The van der Waals surface area contributed by atoms with Crippen molar-refractivity contribution in [2.45, 2.75) is 82.7 Å². The van der Waals surface area contributed by atoms with E-state index in [-0.39, 0.29) is 18.5 Å². The molecule has 0 heterocycles. The van der Waals surface area contributed by atoms with E-state index >= 15 is 0 Å². The number of likely N-dealkylation sites (N-methyl/N-ethyl adjacent to an activating group) is 1. The van der Waals surface area contributed by atoms with Gasteiger partial charge in [0.05, 0.1) is 23.1 Å². The van der Waals surface area contributed by atoms with E-state index in [0.717, 1.165) is 38.2 Å². The highest BCUT2D eigenvalue weighted by molar-refractivity contribution is 6.32. The van der Waals surface area contributed by atoms with Crippen LogP contribution in [0.4, 0.5) is 13.2 Å². The number of fused-ring (bicyclic) bond motifs is 3. The van der Waals surface area contributed by atoms with E-state index in [9.17, 15) is 47.4 Å². The van der Waals surface area contributed by atoms with E-state index in [2.05, 4.69) is 0 Å². The van der Waals surface area contributed by atoms with Gasteiger partial charge in [0.25, 0.3) is 0 Å². The molecule has 0 aromatic heterocycles. The second-order valence-corrected chi connectivity index (χ2v) is 13.7. The highest BCUT2D eigenvalue weighted by atomic mass is 19.4. The number of aromatic hydroxyl groups is 1. The van der Waals surface area contributed by atoms with Crippen LogP contribution in [0.5, 0.6) is 5.75 Å². The molecule has 0 aliphatic heterocycles. The average Bonchev–Trinajstić information content (AvgIpc) is 2.96. The molecular formula is C33H42F3N3O7. The number of ketones is 4. The quantitative estimate of drug-likeness (QED) is 0.360. The SMILES string of the molecule is CCN(CCC1CCCCC1)Cc1cc(O)c2c(c1C(F)(F)F)C[C@H]1C[C@H]3[C@H](N(C)C)C(=O)C(C(N)=O)C(=O)[C@@]3(O)C(=O)C1C2=O. The van der Waals surface area contributed by atoms with Gasteiger partial charge in [0.15, 0.2) is 34.7 Å². The fourth-order valence-electron chi connectivity index (χ4n) is 8.65. The highest BCUT2D eigenvalue weighted by Gasteiger charge is 2.69. The van der Waals surface area contributed by atoms with Gasteiger partial charge in [0.1, 0.15) is 5.75 Å². The summed E-state index contributed by atoms with van der Waals surface area (Å²) in [4.78, 5) is 69.9. The van der Waals surface area contributed by atoms with Crippen molar-refractivity contribution < 1.29 is 47.4 Å². The lowest BCUT2D eigenvalue weighted by molar-refractivity contribution is -0.181. The Morgan fingerprint density at radius 1 is 1.09 bits per heavy atom. The van der Waals surface area contributed by atoms with Gasteiger partial charge in [-0.3, -0.25) is 33.8 Å². The standard InChI is InChI=1S/C33H42F3N3O7/c1-4-39(11-10-16-8-6-5-7-9-16)15-18-14-21(40)23-19(25(18)33(34,35)36)12-17-13-20-26(38(2)3)28(42)24(31(37)45)30(44)32(20,46)29(43)22(17)27(23)41/h14,16-17,20,22,24,26,40,46H,4-13,15H2,1-3H3,(H2,37,45)/t17-,20-,22?,24?,26-,32-/m0/s1. The molecule has 3 fully saturated rings. The van der Waals surface area contributed by atoms with Crippen molar-refractivity contribution in [3.05, 3.63) is 28.3 Å². The number of aliphatic hydroxyl groups is 1. The average molecular weight is 650 g/mol. The number of hydrogen-bond donors (Lipinski definition) is 3. The predicted molar refractivity (Wildman–Crippen MR) is 159 cm³/mol. The monoisotopic (exact) mass is 649 g/mol. The van der Waals surface area contributed by atoms with E-state index in [0.29, 0.717) is 19.0 Å². The molecule has 0 spiro atoms. The van der Waals surface area contributed by atoms with Gasteiger partial charge in [-0.2, -0.15) is 13.2 Å². The van der Waals surface area contributed by atoms with Crippen molar-refractivity contribution in [1.29, 1.82) is 0 Å². The molecule has 10 nitrogen and oxygen atoms in total. The zero-order valence-electron chi connectivity index (χ0n) is 26.4. The number of halogens is 3. The van der Waals surface area contributed by atoms with Crippen molar-refractivity contribution in [2.24, 2.45) is 35.3 Å². The Balaban J connectivity index is 1.55. The second-order valence-electron chi connectivity index (χ2n) is 13.7. The van der Waals surface area contributed by atoms with Crippen molar-refractivity contribution in [3.8, 4) is 5.75 Å². The first-order valence-corrected chi connectivity index (χ1v) is 16.1. The third-order valence-electron chi connectivity index (χ3n) is 10.8. The summed E-state index contributed by atoms with van der Waals surface area (Å²) in [6.07, 6.45) is 0.855. The smallest absolute Gasteiger partial charge is 0.417 e. The molecule has 5 rings (SSSR count). The van der Waals surface area contributed by atoms with Crippen LogP contribution < -0.4 is 5.73 Å². The van der Waals surface area contributed by atoms with Gasteiger partial charge < -0.3 is 15.9 Å². The largest absolute Gasteiger partial charge is 0.507 e. The molecule has 4 aliphatic rings. The number of amides is 1. The number of rotatable bonds is 8. The van der Waals surface area contributed by atoms with Crippen molar-refractivity contribution in [2.75, 3.05) is 27.2 Å². The van der Waals surface area contributed by atoms with Gasteiger partial charge in [-0.15, -0.1) is 0 Å². The van der Waals surface area contributed by atoms with Gasteiger partial charge in [-0.1, -0.05) is 39.0 Å². The molecule has 46 heavy (non-hydrogen) atoms. The number of carbonyl (C=O) groups excluding carboxylic acids is 5. The van der Waals surface area contributed by atoms with Gasteiger partial charge >= 0.3 is 6.18 Å². The number of phenols is 1. The van der Waals surface area contributed by atoms with Gasteiger partial charge in [-0.25, -0.2) is 0 Å². The first-order chi connectivity index (χ1) is 21.5. The van der Waals surface area contributed by atoms with E-state index in [4.69, 9.17) is 5.73 Å². The van der Waals surface area contributed by atoms with Crippen LogP contribution in [-0.2, 0) is 38.3 Å². The zero-order chi connectivity index (χ0) is 33.9. The minimum absolute atomic E-state index is 0.108. The first kappa shape index (κ1) is 34.2. The Bertz CT molecular complexity index is 1450. The lowest BCUT2D eigenvalue weighted by Gasteiger charge is -2.52. The van der Waals surface area contributed by atoms with Crippen LogP contribution in [0.3, 0.4) is 0 Å². The van der Waals surface area contributed by atoms with Crippen molar-refractivity contribution in [1.82, 2.24) is 9.80 Å². The third kappa shape index (κ3) is 5.57. The second kappa shape index (κ2) is 12.5. The maximum Gasteiger partial charge on any atom is 0.417 e. The van der Waals surface area contributed by atoms with E-state index in [1.165, 1.54) is 25.4 Å². The molecular weight excluding hydrogens is 607 g/mol. The van der Waals surface area contributed by atoms with Crippen LogP contribution in [0.25, 0.3) is 0 Å². The summed E-state index contributed by atoms with van der Waals surface area (Å²) in [6, 6.07) is -0.408. The molecule has 6 atom stereocenters. The fraction of sp³-hybridized carbons (Fsp3) is 0.667. The van der Waals surface area contributed by atoms with Gasteiger partial charge in [0.2, 0.25) is 5.91 Å². The third-order valence-corrected chi connectivity index (χ3v) is 10.8. The maximum absolute atomic E-state index is 14.9. The van der Waals surface area contributed by atoms with E-state index < -0.39 is 99.4 Å². The Kier molecular flexibility index (Phi) is 9.26. The number of hydrogen-bond acceptors (Lipinski definition) is 9. The summed E-state index contributed by atoms with van der Waals surface area (Å²) < 4.78 is 44.7. The molecule has 4 aliphatic carbocycles. The molecule has 0 saturated heterocycles. The van der Waals surface area contributed by atoms with Crippen LogP contribution in [0.1, 0.15) is 78.9 Å². The van der Waals surface area contributed by atoms with Crippen molar-refractivity contribution >= 4 is 29.0 Å². The minimum Gasteiger partial charge on any atom is -0.507 e. The molecule has 1 aromatic rings. The number of Topliss-reactive ketones (excluding diaryl/α,β-unsaturated/α-hetero) is 4. The van der Waals surface area contributed by atoms with Crippen LogP contribution >= 0.6 is 0 Å². The summed E-state index contributed by atoms with van der Waals surface area (Å²) in [5.41, 5.74) is 0.0655. The Labute approximate surface area is 265 Å². The number of phenolic OH excluding ortho intramolecular Hbond substituents is 1. The molecule has 3 saturated carbocycles. The normalized spacial score (nSPS) is 30.4. The lowest BCUT2D eigenvalue weighted by Crippen LogP contribution is -2.74. The Morgan fingerprint density at radius 3 is 2.30 bits per heavy atom. The molecule has 0 bridgehead atoms. The summed E-state index contributed by atoms with van der Waals surface area (Å²) in [6.45, 7) is 2.80. The molecule has 1 amide bonds. The lowest BCUT2D eigenvalue weighted by atomic mass is 9.52. The van der Waals surface area contributed by atoms with E-state index in [1.807, 2.05) is 11.8 Å². The number of benzene rings is 1. The van der Waals surface area contributed by atoms with Crippen LogP contribution in [-0.4, -0.2) is 87.9 Å². The summed E-state index contributed by atoms with van der Waals surface area (Å²) in [7, 11) is 2.88. The highest BCUT2D eigenvalue weighted by Crippen LogP contribution is 2.52. The predicted octanol–water partition coefficient (Wildman–Crippen LogP) is 2.68. The Morgan fingerprint density at radius 2 is 1.74 bits per heavy atom. The molecule has 2 unspecified atom stereocenters. The number of alkyl halides is 3. The first-order valence-electron chi connectivity index (χ1n) is 16.1. The Hall–Kier alpha value is -3.16. The molecule has 13 heteroatoms. The van der Waals surface area contributed by atoms with Gasteiger partial charge in [0, 0.05) is 12.5 Å². The summed E-state index contributed by atoms with van der Waals surface area (Å²) in [5.74, 6) is -12.8. The number of nitrogens with zero attached hydrogens (tertiary/aromatic N) is 2. The zero-order valence-corrected chi connectivity index (χ0v) is 26.4. The molecule has 1 aromatic carbocycles. The maximum atomic E-state index is 14.9. The number of primary amides is 1. The van der Waals surface area contributed by atoms with Crippen LogP contribution in [0.15, 0.2) is 6.07 Å². The summed E-state index contributed by atoms with van der Waals surface area (Å²) >= 11 is 0. The van der Waals surface area contributed by atoms with Crippen LogP contribution in [0, 0.1) is 29.6 Å². The van der Waals surface area contributed by atoms with Crippen LogP contribution in [0.2, 0.25) is 0 Å². The van der Waals surface area contributed by atoms with Gasteiger partial charge in [-0.05, 0) is 75.5 Å². The summed E-state index contributed by atoms with van der Waals surface area (Å²) in [5, 5.41) is 22.7. The minimum atomic E-state index is -4.90. The molecule has 4 N–H and O–H groups in total. The van der Waals surface area contributed by atoms with E-state index in [1.54, 1.807) is 0 Å². The number of carbonyl (C=O) groups is 5.